The van der Waals surface area contributed by atoms with Crippen LogP contribution < -0.4 is 5.32 Å². The molecule has 3 aromatic heterocycles. The van der Waals surface area contributed by atoms with Crippen LogP contribution >= 0.6 is 11.3 Å². The Labute approximate surface area is 159 Å². The normalized spacial score (nSPS) is 11.1. The minimum absolute atomic E-state index is 0.00221. The molecule has 136 valence electrons. The lowest BCUT2D eigenvalue weighted by Crippen LogP contribution is -2.08. The second kappa shape index (κ2) is 7.38. The van der Waals surface area contributed by atoms with Gasteiger partial charge in [-0.3, -0.25) is 4.98 Å². The lowest BCUT2D eigenvalue weighted by molar-refractivity contribution is 0.311. The van der Waals surface area contributed by atoms with Crippen LogP contribution in [0.25, 0.3) is 31.8 Å². The first kappa shape index (κ1) is 17.5. The molecule has 3 heterocycles. The molecule has 2 N–H and O–H groups in total. The highest BCUT2D eigenvalue weighted by molar-refractivity contribution is 7.22. The van der Waals surface area contributed by atoms with E-state index < -0.39 is 0 Å². The van der Waals surface area contributed by atoms with Crippen LogP contribution in [0.5, 0.6) is 0 Å². The molecular weight excluding hydrogens is 363 g/mol. The van der Waals surface area contributed by atoms with Gasteiger partial charge in [0.15, 0.2) is 0 Å². The summed E-state index contributed by atoms with van der Waals surface area (Å²) in [6.45, 7) is 2.22. The van der Waals surface area contributed by atoms with Crippen molar-refractivity contribution in [2.75, 3.05) is 18.5 Å². The fourth-order valence-corrected chi connectivity index (χ4v) is 4.26. The number of halogens is 1. The summed E-state index contributed by atoms with van der Waals surface area (Å²) in [6, 6.07) is 10.3. The van der Waals surface area contributed by atoms with Gasteiger partial charge in [0.1, 0.15) is 22.3 Å². The van der Waals surface area contributed by atoms with Crippen molar-refractivity contribution < 1.29 is 9.50 Å². The second-order valence-electron chi connectivity index (χ2n) is 6.00. The summed E-state index contributed by atoms with van der Waals surface area (Å²) < 4.78 is 13.5. The third-order valence-corrected chi connectivity index (χ3v) is 5.28. The molecule has 5 nitrogen and oxygen atoms in total. The molecule has 0 aliphatic carbocycles. The topological polar surface area (TPSA) is 70.9 Å². The number of benzene rings is 1. The van der Waals surface area contributed by atoms with Crippen LogP contribution in [0.3, 0.4) is 0 Å². The number of hydrogen-bond acceptors (Lipinski definition) is 6. The molecule has 1 aromatic carbocycles. The Morgan fingerprint density at radius 3 is 2.48 bits per heavy atom. The van der Waals surface area contributed by atoms with Crippen LogP contribution in [-0.4, -0.2) is 33.2 Å². The molecule has 27 heavy (non-hydrogen) atoms. The van der Waals surface area contributed by atoms with E-state index >= 15 is 0 Å². The number of nitrogens with one attached hydrogen (secondary N) is 1. The zero-order valence-electron chi connectivity index (χ0n) is 14.6. The van der Waals surface area contributed by atoms with Gasteiger partial charge in [-0.2, -0.15) is 0 Å². The quantitative estimate of drug-likeness (QED) is 0.541. The monoisotopic (exact) mass is 380 g/mol. The van der Waals surface area contributed by atoms with Gasteiger partial charge in [-0.1, -0.05) is 12.1 Å². The van der Waals surface area contributed by atoms with Crippen molar-refractivity contribution in [1.82, 2.24) is 15.0 Å². The SMILES string of the molecule is Cc1nc(NCCO)c2c(-c3ccc(F)cc3)c(-c3ccncc3)sc2n1. The minimum atomic E-state index is -0.283. The summed E-state index contributed by atoms with van der Waals surface area (Å²) in [5.41, 5.74) is 2.84. The summed E-state index contributed by atoms with van der Waals surface area (Å²) in [7, 11) is 0. The lowest BCUT2D eigenvalue weighted by atomic mass is 10.00. The van der Waals surface area contributed by atoms with Gasteiger partial charge in [-0.15, -0.1) is 11.3 Å². The van der Waals surface area contributed by atoms with Gasteiger partial charge in [0.25, 0.3) is 0 Å². The van der Waals surface area contributed by atoms with Gasteiger partial charge in [-0.05, 0) is 42.3 Å². The Morgan fingerprint density at radius 2 is 1.78 bits per heavy atom. The summed E-state index contributed by atoms with van der Waals surface area (Å²) in [5.74, 6) is 1.04. The van der Waals surface area contributed by atoms with Crippen LogP contribution in [0.15, 0.2) is 48.8 Å². The van der Waals surface area contributed by atoms with Crippen LogP contribution in [0.2, 0.25) is 0 Å². The molecule has 0 radical (unpaired) electrons. The van der Waals surface area contributed by atoms with Gasteiger partial charge < -0.3 is 10.4 Å². The van der Waals surface area contributed by atoms with E-state index in [1.54, 1.807) is 35.9 Å². The number of fused-ring (bicyclic) bond motifs is 1. The minimum Gasteiger partial charge on any atom is -0.395 e. The van der Waals surface area contributed by atoms with Crippen LogP contribution in [0.1, 0.15) is 5.82 Å². The van der Waals surface area contributed by atoms with E-state index in [-0.39, 0.29) is 12.4 Å². The van der Waals surface area contributed by atoms with Crippen LogP contribution in [-0.2, 0) is 0 Å². The fourth-order valence-electron chi connectivity index (χ4n) is 3.01. The Hall–Kier alpha value is -2.90. The molecular formula is C20H17FN4OS. The molecule has 0 aliphatic heterocycles. The molecule has 0 bridgehead atoms. The molecule has 7 heteroatoms. The molecule has 4 rings (SSSR count). The Balaban J connectivity index is 2.04. The molecule has 0 unspecified atom stereocenters. The molecule has 0 amide bonds. The predicted octanol–water partition coefficient (Wildman–Crippen LogP) is 4.27. The van der Waals surface area contributed by atoms with Gasteiger partial charge in [0, 0.05) is 29.4 Å². The molecule has 0 aliphatic rings. The van der Waals surface area contributed by atoms with Gasteiger partial charge in [0.2, 0.25) is 0 Å². The number of aliphatic hydroxyl groups is 1. The number of rotatable bonds is 5. The first-order valence-corrected chi connectivity index (χ1v) is 9.31. The highest BCUT2D eigenvalue weighted by Gasteiger charge is 2.21. The van der Waals surface area contributed by atoms with Crippen molar-refractivity contribution in [3.05, 3.63) is 60.4 Å². The van der Waals surface area contributed by atoms with E-state index in [2.05, 4.69) is 20.3 Å². The van der Waals surface area contributed by atoms with Gasteiger partial charge in [-0.25, -0.2) is 14.4 Å². The zero-order chi connectivity index (χ0) is 18.8. The van der Waals surface area contributed by atoms with Gasteiger partial charge in [0.05, 0.1) is 12.0 Å². The highest BCUT2D eigenvalue weighted by atomic mass is 32.1. The second-order valence-corrected chi connectivity index (χ2v) is 7.00. The number of pyridine rings is 1. The fraction of sp³-hybridized carbons (Fsp3) is 0.150. The van der Waals surface area contributed by atoms with E-state index in [0.717, 1.165) is 31.8 Å². The van der Waals surface area contributed by atoms with Crippen molar-refractivity contribution in [3.8, 4) is 21.6 Å². The average molecular weight is 380 g/mol. The molecule has 4 aromatic rings. The Kier molecular flexibility index (Phi) is 4.79. The maximum Gasteiger partial charge on any atom is 0.139 e. The van der Waals surface area contributed by atoms with Gasteiger partial charge >= 0.3 is 0 Å². The van der Waals surface area contributed by atoms with E-state index in [9.17, 15) is 9.50 Å². The standard InChI is InChI=1S/C20H17FN4OS/c1-12-24-19(23-10-11-26)17-16(13-2-4-15(21)5-3-13)18(27-20(17)25-12)14-6-8-22-9-7-14/h2-9,26H,10-11H2,1H3,(H,23,24,25). The number of hydrogen-bond donors (Lipinski definition) is 2. The first-order valence-electron chi connectivity index (χ1n) is 8.49. The van der Waals surface area contributed by atoms with Crippen LogP contribution in [0, 0.1) is 12.7 Å². The first-order chi connectivity index (χ1) is 13.2. The number of aromatic nitrogens is 3. The summed E-state index contributed by atoms with van der Waals surface area (Å²) in [6.07, 6.45) is 3.49. The largest absolute Gasteiger partial charge is 0.395 e. The van der Waals surface area contributed by atoms with E-state index in [4.69, 9.17) is 0 Å². The Morgan fingerprint density at radius 1 is 1.04 bits per heavy atom. The maximum absolute atomic E-state index is 13.5. The number of aryl methyl sites for hydroxylation is 1. The number of aliphatic hydroxyl groups excluding tert-OH is 1. The maximum atomic E-state index is 13.5. The van der Waals surface area contributed by atoms with Crippen molar-refractivity contribution in [3.63, 3.8) is 0 Å². The summed E-state index contributed by atoms with van der Waals surface area (Å²) >= 11 is 1.56. The zero-order valence-corrected chi connectivity index (χ0v) is 15.4. The Bertz CT molecular complexity index is 1080. The van der Waals surface area contributed by atoms with Crippen LogP contribution in [0.4, 0.5) is 10.2 Å². The molecule has 0 saturated carbocycles. The molecule has 0 fully saturated rings. The smallest absolute Gasteiger partial charge is 0.139 e. The molecule has 0 spiro atoms. The van der Waals surface area contributed by atoms with Crippen molar-refractivity contribution in [2.24, 2.45) is 0 Å². The summed E-state index contributed by atoms with van der Waals surface area (Å²) in [4.78, 5) is 15.1. The van der Waals surface area contributed by atoms with E-state index in [0.29, 0.717) is 18.2 Å². The van der Waals surface area contributed by atoms with Crippen molar-refractivity contribution in [1.29, 1.82) is 0 Å². The third kappa shape index (κ3) is 3.39. The predicted molar refractivity (Wildman–Crippen MR) is 106 cm³/mol. The third-order valence-electron chi connectivity index (χ3n) is 4.14. The number of nitrogens with zero attached hydrogens (tertiary/aromatic N) is 3. The average Bonchev–Trinajstić information content (AvgIpc) is 3.06. The van der Waals surface area contributed by atoms with E-state index in [1.165, 1.54) is 12.1 Å². The van der Waals surface area contributed by atoms with Crippen molar-refractivity contribution >= 4 is 27.4 Å². The number of anilines is 1. The number of thiophene rings is 1. The molecule has 0 saturated heterocycles. The van der Waals surface area contributed by atoms with Crippen molar-refractivity contribution in [2.45, 2.75) is 6.92 Å². The lowest BCUT2D eigenvalue weighted by Gasteiger charge is -2.10. The highest BCUT2D eigenvalue weighted by Crippen LogP contribution is 2.46. The summed E-state index contributed by atoms with van der Waals surface area (Å²) in [5, 5.41) is 13.3. The van der Waals surface area contributed by atoms with E-state index in [1.807, 2.05) is 19.1 Å². The molecule has 0 atom stereocenters.